The third-order valence-corrected chi connectivity index (χ3v) is 2.66. The van der Waals surface area contributed by atoms with Gasteiger partial charge < -0.3 is 9.64 Å². The van der Waals surface area contributed by atoms with E-state index in [1.165, 1.54) is 32.4 Å². The number of nitrogens with one attached hydrogen (secondary N) is 1. The van der Waals surface area contributed by atoms with Gasteiger partial charge in [-0.05, 0) is 25.9 Å². The van der Waals surface area contributed by atoms with Crippen molar-refractivity contribution in [1.29, 1.82) is 0 Å². The summed E-state index contributed by atoms with van der Waals surface area (Å²) in [5.74, 6) is 0. The Labute approximate surface area is 79.1 Å². The molecule has 0 bridgehead atoms. The molecule has 0 saturated carbocycles. The quantitative estimate of drug-likeness (QED) is 0.674. The summed E-state index contributed by atoms with van der Waals surface area (Å²) in [5.41, 5.74) is 2.71. The van der Waals surface area contributed by atoms with Crippen LogP contribution in [0.4, 0.5) is 0 Å². The highest BCUT2D eigenvalue weighted by atomic mass is 16.7. The molecule has 2 rings (SSSR count). The smallest absolute Gasteiger partial charge is 0.119 e. The zero-order valence-corrected chi connectivity index (χ0v) is 8.00. The van der Waals surface area contributed by atoms with E-state index in [1.54, 1.807) is 0 Å². The van der Waals surface area contributed by atoms with Crippen LogP contribution in [0.5, 0.6) is 0 Å². The number of ether oxygens (including phenoxy) is 1. The number of rotatable bonds is 2. The molecule has 1 unspecified atom stereocenters. The largest absolute Gasteiger partial charge is 0.357 e. The maximum atomic E-state index is 5.50. The molecule has 2 saturated heterocycles. The lowest BCUT2D eigenvalue weighted by atomic mass is 10.1. The van der Waals surface area contributed by atoms with Crippen LogP contribution in [0, 0.1) is 0 Å². The monoisotopic (exact) mass is 186 g/mol. The van der Waals surface area contributed by atoms with E-state index in [0.717, 1.165) is 6.54 Å². The molecule has 1 N–H and O–H groups in total. The second kappa shape index (κ2) is 4.91. The standard InChI is InChI=1S/C9H18N2O2/c1-2-4-11(5-3-1)6-9-7-13-10-8-12-9/h9-10H,1-8H2. The summed E-state index contributed by atoms with van der Waals surface area (Å²) < 4.78 is 5.50. The number of hydroxylamine groups is 1. The average Bonchev–Trinajstić information content (AvgIpc) is 2.21. The molecule has 0 aromatic carbocycles. The summed E-state index contributed by atoms with van der Waals surface area (Å²) in [6, 6.07) is 0. The van der Waals surface area contributed by atoms with Crippen molar-refractivity contribution >= 4 is 0 Å². The van der Waals surface area contributed by atoms with Gasteiger partial charge in [0.2, 0.25) is 0 Å². The second-order valence-electron chi connectivity index (χ2n) is 3.75. The first-order chi connectivity index (χ1) is 6.45. The second-order valence-corrected chi connectivity index (χ2v) is 3.75. The fourth-order valence-corrected chi connectivity index (χ4v) is 1.93. The number of nitrogens with zero attached hydrogens (tertiary/aromatic N) is 1. The van der Waals surface area contributed by atoms with Crippen LogP contribution in [0.25, 0.3) is 0 Å². The van der Waals surface area contributed by atoms with Gasteiger partial charge >= 0.3 is 0 Å². The summed E-state index contributed by atoms with van der Waals surface area (Å²) in [5, 5.41) is 0. The van der Waals surface area contributed by atoms with Crippen molar-refractivity contribution in [1.82, 2.24) is 10.4 Å². The number of hydrogen-bond acceptors (Lipinski definition) is 4. The predicted molar refractivity (Wildman–Crippen MR) is 49.1 cm³/mol. The molecule has 0 radical (unpaired) electrons. The number of likely N-dealkylation sites (tertiary alicyclic amines) is 1. The zero-order valence-electron chi connectivity index (χ0n) is 8.00. The van der Waals surface area contributed by atoms with Crippen molar-refractivity contribution < 1.29 is 9.57 Å². The lowest BCUT2D eigenvalue weighted by molar-refractivity contribution is -0.154. The first-order valence-electron chi connectivity index (χ1n) is 5.14. The van der Waals surface area contributed by atoms with Crippen LogP contribution in [0.3, 0.4) is 0 Å². The zero-order chi connectivity index (χ0) is 8.93. The highest BCUT2D eigenvalue weighted by molar-refractivity contribution is 4.70. The fourth-order valence-electron chi connectivity index (χ4n) is 1.93. The molecule has 4 nitrogen and oxygen atoms in total. The van der Waals surface area contributed by atoms with Crippen molar-refractivity contribution in [3.63, 3.8) is 0 Å². The molecule has 2 aliphatic heterocycles. The molecule has 2 heterocycles. The van der Waals surface area contributed by atoms with Crippen LogP contribution >= 0.6 is 0 Å². The maximum Gasteiger partial charge on any atom is 0.119 e. The van der Waals surface area contributed by atoms with E-state index in [4.69, 9.17) is 9.57 Å². The van der Waals surface area contributed by atoms with Gasteiger partial charge in [0.25, 0.3) is 0 Å². The van der Waals surface area contributed by atoms with E-state index < -0.39 is 0 Å². The molecule has 0 amide bonds. The summed E-state index contributed by atoms with van der Waals surface area (Å²) in [6.07, 6.45) is 4.33. The highest BCUT2D eigenvalue weighted by Gasteiger charge is 2.19. The Bertz CT molecular complexity index is 127. The van der Waals surface area contributed by atoms with E-state index in [1.807, 2.05) is 0 Å². The lowest BCUT2D eigenvalue weighted by Gasteiger charge is -2.31. The van der Waals surface area contributed by atoms with Gasteiger partial charge in [0.05, 0.1) is 12.7 Å². The highest BCUT2D eigenvalue weighted by Crippen LogP contribution is 2.10. The normalized spacial score (nSPS) is 31.8. The first-order valence-corrected chi connectivity index (χ1v) is 5.14. The van der Waals surface area contributed by atoms with Gasteiger partial charge in [-0.2, -0.15) is 5.48 Å². The van der Waals surface area contributed by atoms with Gasteiger partial charge in [-0.1, -0.05) is 6.42 Å². The fraction of sp³-hybridized carbons (Fsp3) is 1.00. The molecule has 0 aromatic rings. The Morgan fingerprint density at radius 3 is 2.77 bits per heavy atom. The summed E-state index contributed by atoms with van der Waals surface area (Å²) >= 11 is 0. The van der Waals surface area contributed by atoms with Gasteiger partial charge in [-0.3, -0.25) is 4.84 Å². The Kier molecular flexibility index (Phi) is 3.55. The Morgan fingerprint density at radius 2 is 2.08 bits per heavy atom. The Balaban J connectivity index is 1.69. The minimum absolute atomic E-state index is 0.263. The Morgan fingerprint density at radius 1 is 1.23 bits per heavy atom. The minimum atomic E-state index is 0.263. The van der Waals surface area contributed by atoms with Crippen LogP contribution in [0.15, 0.2) is 0 Å². The topological polar surface area (TPSA) is 33.7 Å². The van der Waals surface area contributed by atoms with Gasteiger partial charge in [-0.25, -0.2) is 0 Å². The summed E-state index contributed by atoms with van der Waals surface area (Å²) in [7, 11) is 0. The van der Waals surface area contributed by atoms with Crippen LogP contribution in [-0.4, -0.2) is 44.0 Å². The van der Waals surface area contributed by atoms with Crippen LogP contribution in [-0.2, 0) is 9.57 Å². The van der Waals surface area contributed by atoms with E-state index in [-0.39, 0.29) is 6.10 Å². The minimum Gasteiger partial charge on any atom is -0.357 e. The van der Waals surface area contributed by atoms with E-state index in [2.05, 4.69) is 10.4 Å². The first kappa shape index (κ1) is 9.40. The van der Waals surface area contributed by atoms with Crippen LogP contribution in [0.2, 0.25) is 0 Å². The molecule has 2 aliphatic rings. The molecule has 1 atom stereocenters. The number of hydrogen-bond donors (Lipinski definition) is 1. The summed E-state index contributed by atoms with van der Waals surface area (Å²) in [4.78, 5) is 7.60. The van der Waals surface area contributed by atoms with Crippen molar-refractivity contribution in [3.8, 4) is 0 Å². The maximum absolute atomic E-state index is 5.50. The van der Waals surface area contributed by atoms with Gasteiger partial charge in [0, 0.05) is 6.54 Å². The molecule has 2 fully saturated rings. The van der Waals surface area contributed by atoms with E-state index >= 15 is 0 Å². The molecular formula is C9H18N2O2. The third-order valence-electron chi connectivity index (χ3n) is 2.66. The van der Waals surface area contributed by atoms with Crippen LogP contribution < -0.4 is 5.48 Å². The van der Waals surface area contributed by atoms with Crippen LogP contribution in [0.1, 0.15) is 19.3 Å². The SMILES string of the molecule is C1CCN(CC2CONCO2)CC1. The van der Waals surface area contributed by atoms with Gasteiger partial charge in [-0.15, -0.1) is 0 Å². The van der Waals surface area contributed by atoms with Crippen molar-refractivity contribution in [2.45, 2.75) is 25.4 Å². The third kappa shape index (κ3) is 2.91. The molecule has 0 aliphatic carbocycles. The van der Waals surface area contributed by atoms with E-state index in [0.29, 0.717) is 13.3 Å². The molecule has 0 aromatic heterocycles. The van der Waals surface area contributed by atoms with Crippen molar-refractivity contribution in [3.05, 3.63) is 0 Å². The Hall–Kier alpha value is -0.160. The van der Waals surface area contributed by atoms with Gasteiger partial charge in [0.15, 0.2) is 0 Å². The van der Waals surface area contributed by atoms with E-state index in [9.17, 15) is 0 Å². The van der Waals surface area contributed by atoms with Crippen molar-refractivity contribution in [2.75, 3.05) is 33.0 Å². The average molecular weight is 186 g/mol. The molecule has 13 heavy (non-hydrogen) atoms. The van der Waals surface area contributed by atoms with Gasteiger partial charge in [0.1, 0.15) is 6.73 Å². The number of piperidine rings is 1. The molecule has 4 heteroatoms. The predicted octanol–water partition coefficient (Wildman–Crippen LogP) is 0.350. The summed E-state index contributed by atoms with van der Waals surface area (Å²) in [6.45, 7) is 4.69. The molecular weight excluding hydrogens is 168 g/mol. The molecule has 76 valence electrons. The molecule has 0 spiro atoms. The van der Waals surface area contributed by atoms with Crippen molar-refractivity contribution in [2.24, 2.45) is 0 Å². The lowest BCUT2D eigenvalue weighted by Crippen LogP contribution is -2.44.